The molecule has 5 heteroatoms. The van der Waals surface area contributed by atoms with Gasteiger partial charge in [0.15, 0.2) is 0 Å². The summed E-state index contributed by atoms with van der Waals surface area (Å²) in [4.78, 5) is 14.6. The second-order valence-corrected chi connectivity index (χ2v) is 8.25. The van der Waals surface area contributed by atoms with Crippen LogP contribution in [0, 0.1) is 0 Å². The minimum Gasteiger partial charge on any atom is -0.342 e. The zero-order valence-corrected chi connectivity index (χ0v) is 17.8. The van der Waals surface area contributed by atoms with Gasteiger partial charge in [-0.3, -0.25) is 4.79 Å². The third kappa shape index (κ3) is 3.11. The third-order valence-electron chi connectivity index (χ3n) is 5.57. The molecule has 0 unspecified atom stereocenters. The van der Waals surface area contributed by atoms with E-state index >= 15 is 0 Å². The van der Waals surface area contributed by atoms with Crippen molar-refractivity contribution in [2.45, 2.75) is 6.54 Å². The summed E-state index contributed by atoms with van der Waals surface area (Å²) < 4.78 is 2.16. The van der Waals surface area contributed by atoms with E-state index in [-0.39, 0.29) is 5.91 Å². The van der Waals surface area contributed by atoms with E-state index in [0.29, 0.717) is 22.2 Å². The first kappa shape index (κ1) is 19.0. The van der Waals surface area contributed by atoms with Gasteiger partial charge in [-0.25, -0.2) is 0 Å². The minimum atomic E-state index is 0.00813. The molecule has 5 rings (SSSR count). The van der Waals surface area contributed by atoms with Gasteiger partial charge in [-0.05, 0) is 35.9 Å². The highest BCUT2D eigenvalue weighted by Crippen LogP contribution is 2.37. The van der Waals surface area contributed by atoms with Crippen LogP contribution >= 0.6 is 23.2 Å². The van der Waals surface area contributed by atoms with Crippen LogP contribution in [-0.4, -0.2) is 17.5 Å². The minimum absolute atomic E-state index is 0.00813. The number of carbonyl (C=O) groups excluding carboxylic acids is 1. The number of likely N-dealkylation sites (N-methyl/N-ethyl adjacent to an activating group) is 1. The zero-order chi connectivity index (χ0) is 20.8. The Morgan fingerprint density at radius 1 is 0.967 bits per heavy atom. The first-order valence-corrected chi connectivity index (χ1v) is 10.4. The summed E-state index contributed by atoms with van der Waals surface area (Å²) in [6.07, 6.45) is 4.07. The summed E-state index contributed by atoms with van der Waals surface area (Å²) in [7, 11) is 1.81. The van der Waals surface area contributed by atoms with Crippen LogP contribution in [0.2, 0.25) is 10.0 Å². The number of para-hydroxylation sites is 2. The lowest BCUT2D eigenvalue weighted by Crippen LogP contribution is -2.20. The Morgan fingerprint density at radius 3 is 2.57 bits per heavy atom. The Bertz CT molecular complexity index is 1340. The maximum absolute atomic E-state index is 12.9. The van der Waals surface area contributed by atoms with E-state index in [1.165, 1.54) is 0 Å². The molecule has 1 amide bonds. The molecule has 0 spiro atoms. The number of rotatable bonds is 3. The number of hydrogen-bond acceptors (Lipinski definition) is 1. The highest BCUT2D eigenvalue weighted by molar-refractivity contribution is 6.36. The van der Waals surface area contributed by atoms with Crippen molar-refractivity contribution in [3.05, 3.63) is 99.7 Å². The van der Waals surface area contributed by atoms with Crippen LogP contribution in [0.3, 0.4) is 0 Å². The molecule has 1 aliphatic rings. The summed E-state index contributed by atoms with van der Waals surface area (Å²) in [5.41, 5.74) is 5.68. The molecular weight excluding hydrogens is 415 g/mol. The fraction of sp³-hybridized carbons (Fsp3) is 0.0800. The number of aromatic nitrogens is 1. The second kappa shape index (κ2) is 7.35. The van der Waals surface area contributed by atoms with E-state index < -0.39 is 0 Å². The maximum Gasteiger partial charge on any atom is 0.258 e. The number of nitrogens with zero attached hydrogens (tertiary/aromatic N) is 2. The lowest BCUT2D eigenvalue weighted by Gasteiger charge is -2.08. The molecule has 3 nitrogen and oxygen atoms in total. The highest BCUT2D eigenvalue weighted by atomic mass is 35.5. The summed E-state index contributed by atoms with van der Waals surface area (Å²) in [5.74, 6) is 0.00813. The molecule has 2 heterocycles. The number of carbonyl (C=O) groups is 1. The average molecular weight is 433 g/mol. The average Bonchev–Trinajstić information content (AvgIpc) is 3.21. The number of fused-ring (bicyclic) bond motifs is 2. The van der Waals surface area contributed by atoms with Crippen LogP contribution < -0.4 is 4.90 Å². The van der Waals surface area contributed by atoms with Gasteiger partial charge in [0.1, 0.15) is 0 Å². The first-order chi connectivity index (χ1) is 14.5. The predicted molar refractivity (Wildman–Crippen MR) is 125 cm³/mol. The number of anilines is 1. The van der Waals surface area contributed by atoms with E-state index in [2.05, 4.69) is 22.9 Å². The van der Waals surface area contributed by atoms with Crippen molar-refractivity contribution in [1.82, 2.24) is 4.57 Å². The van der Waals surface area contributed by atoms with Gasteiger partial charge in [-0.15, -0.1) is 0 Å². The van der Waals surface area contributed by atoms with Crippen LogP contribution in [-0.2, 0) is 11.3 Å². The smallest absolute Gasteiger partial charge is 0.258 e. The molecule has 0 atom stereocenters. The lowest BCUT2D eigenvalue weighted by atomic mass is 10.0. The van der Waals surface area contributed by atoms with Crippen molar-refractivity contribution < 1.29 is 4.79 Å². The molecule has 0 saturated carbocycles. The van der Waals surface area contributed by atoms with E-state index in [1.54, 1.807) is 11.0 Å². The molecule has 4 aromatic rings. The van der Waals surface area contributed by atoms with Crippen molar-refractivity contribution in [3.8, 4) is 0 Å². The Morgan fingerprint density at radius 2 is 1.73 bits per heavy atom. The quantitative estimate of drug-likeness (QED) is 0.338. The predicted octanol–water partition coefficient (Wildman–Crippen LogP) is 6.51. The van der Waals surface area contributed by atoms with Crippen molar-refractivity contribution in [2.24, 2.45) is 0 Å². The van der Waals surface area contributed by atoms with Gasteiger partial charge in [0, 0.05) is 57.4 Å². The van der Waals surface area contributed by atoms with Gasteiger partial charge in [0.05, 0.1) is 5.69 Å². The van der Waals surface area contributed by atoms with Crippen molar-refractivity contribution in [3.63, 3.8) is 0 Å². The van der Waals surface area contributed by atoms with Gasteiger partial charge < -0.3 is 9.47 Å². The molecule has 30 heavy (non-hydrogen) atoms. The van der Waals surface area contributed by atoms with Crippen LogP contribution in [0.1, 0.15) is 16.7 Å². The van der Waals surface area contributed by atoms with Gasteiger partial charge in [0.25, 0.3) is 5.91 Å². The Kier molecular flexibility index (Phi) is 4.65. The van der Waals surface area contributed by atoms with Gasteiger partial charge in [0.2, 0.25) is 0 Å². The lowest BCUT2D eigenvalue weighted by molar-refractivity contribution is -0.112. The summed E-state index contributed by atoms with van der Waals surface area (Å²) in [6, 6.07) is 21.6. The van der Waals surface area contributed by atoms with Gasteiger partial charge >= 0.3 is 0 Å². The Balaban J connectivity index is 1.63. The fourth-order valence-corrected chi connectivity index (χ4v) is 4.52. The standard InChI is InChI=1S/C25H18Cl2N2O/c1-28-23-8-4-3-7-20(23)21(25(28)30)12-17-15-29(24-9-5-2-6-19(17)24)14-16-10-11-18(26)13-22(16)27/h2-13,15H,14H2,1H3/b21-12+. The van der Waals surface area contributed by atoms with Gasteiger partial charge in [-0.1, -0.05) is 65.7 Å². The topological polar surface area (TPSA) is 25.2 Å². The van der Waals surface area contributed by atoms with Crippen LogP contribution in [0.15, 0.2) is 72.9 Å². The fourth-order valence-electron chi connectivity index (χ4n) is 4.05. The van der Waals surface area contributed by atoms with Crippen molar-refractivity contribution >= 4 is 57.3 Å². The molecule has 3 aromatic carbocycles. The van der Waals surface area contributed by atoms with E-state index in [9.17, 15) is 4.79 Å². The normalized spacial score (nSPS) is 14.7. The molecule has 0 fully saturated rings. The molecule has 0 aliphatic carbocycles. The zero-order valence-electron chi connectivity index (χ0n) is 16.3. The number of halogens is 2. The number of hydrogen-bond donors (Lipinski definition) is 0. The molecule has 0 radical (unpaired) electrons. The molecule has 0 saturated heterocycles. The third-order valence-corrected chi connectivity index (χ3v) is 6.15. The van der Waals surface area contributed by atoms with Gasteiger partial charge in [-0.2, -0.15) is 0 Å². The van der Waals surface area contributed by atoms with Crippen LogP contribution in [0.25, 0.3) is 22.6 Å². The summed E-state index contributed by atoms with van der Waals surface area (Å²) in [6.45, 7) is 0.615. The molecule has 1 aliphatic heterocycles. The van der Waals surface area contributed by atoms with E-state index in [0.717, 1.165) is 33.3 Å². The maximum atomic E-state index is 12.9. The largest absolute Gasteiger partial charge is 0.342 e. The van der Waals surface area contributed by atoms with E-state index in [1.807, 2.05) is 61.7 Å². The van der Waals surface area contributed by atoms with E-state index in [4.69, 9.17) is 23.2 Å². The summed E-state index contributed by atoms with van der Waals surface area (Å²) >= 11 is 12.5. The Labute approximate surface area is 184 Å². The van der Waals surface area contributed by atoms with Crippen molar-refractivity contribution in [1.29, 1.82) is 0 Å². The molecule has 0 bridgehead atoms. The van der Waals surface area contributed by atoms with Crippen molar-refractivity contribution in [2.75, 3.05) is 11.9 Å². The molecule has 0 N–H and O–H groups in total. The second-order valence-electron chi connectivity index (χ2n) is 7.40. The first-order valence-electron chi connectivity index (χ1n) is 9.64. The Hall–Kier alpha value is -3.01. The monoisotopic (exact) mass is 432 g/mol. The molecular formula is C25H18Cl2N2O. The highest BCUT2D eigenvalue weighted by Gasteiger charge is 2.29. The summed E-state index contributed by atoms with van der Waals surface area (Å²) in [5, 5.41) is 2.35. The van der Waals surface area contributed by atoms with Crippen LogP contribution in [0.4, 0.5) is 5.69 Å². The molecule has 148 valence electrons. The number of benzene rings is 3. The van der Waals surface area contributed by atoms with Crippen LogP contribution in [0.5, 0.6) is 0 Å². The molecule has 1 aromatic heterocycles. The number of amides is 1. The SMILES string of the molecule is CN1C(=O)/C(=C/c2cn(Cc3ccc(Cl)cc3Cl)c3ccccc23)c2ccccc21.